The third-order valence-electron chi connectivity index (χ3n) is 5.88. The van der Waals surface area contributed by atoms with Gasteiger partial charge in [0.05, 0.1) is 17.4 Å². The quantitative estimate of drug-likeness (QED) is 0.432. The minimum atomic E-state index is 0.147. The predicted octanol–water partition coefficient (Wildman–Crippen LogP) is 3.53. The molecular formula is C25H33N7. The van der Waals surface area contributed by atoms with Crippen LogP contribution in [0.25, 0.3) is 11.3 Å². The van der Waals surface area contributed by atoms with Gasteiger partial charge in [-0.1, -0.05) is 24.3 Å². The van der Waals surface area contributed by atoms with E-state index in [1.54, 1.807) is 0 Å². The summed E-state index contributed by atoms with van der Waals surface area (Å²) >= 11 is 0. The Hall–Kier alpha value is -3.29. The van der Waals surface area contributed by atoms with Crippen molar-refractivity contribution in [1.82, 2.24) is 26.2 Å². The molecule has 0 saturated heterocycles. The summed E-state index contributed by atoms with van der Waals surface area (Å²) in [5.74, 6) is 0. The second-order valence-corrected chi connectivity index (χ2v) is 8.62. The van der Waals surface area contributed by atoms with Gasteiger partial charge in [-0.15, -0.1) is 5.53 Å². The minimum Gasteiger partial charge on any atom is -0.393 e. The first-order valence-electron chi connectivity index (χ1n) is 11.0. The molecule has 0 amide bonds. The zero-order valence-electron chi connectivity index (χ0n) is 19.3. The molecule has 2 aliphatic rings. The summed E-state index contributed by atoms with van der Waals surface area (Å²) in [6.45, 7) is 3.89. The Balaban J connectivity index is 1.76. The minimum absolute atomic E-state index is 0.147. The Kier molecular flexibility index (Phi) is 6.48. The van der Waals surface area contributed by atoms with Gasteiger partial charge in [-0.2, -0.15) is 0 Å². The monoisotopic (exact) mass is 431 g/mol. The first-order valence-corrected chi connectivity index (χ1v) is 11.0. The van der Waals surface area contributed by atoms with Crippen LogP contribution in [0.2, 0.25) is 0 Å². The van der Waals surface area contributed by atoms with E-state index in [1.807, 2.05) is 13.2 Å². The number of fused-ring (bicyclic) bond motifs is 3. The van der Waals surface area contributed by atoms with Crippen LogP contribution >= 0.6 is 0 Å². The summed E-state index contributed by atoms with van der Waals surface area (Å²) in [6.07, 6.45) is 4.21. The lowest BCUT2D eigenvalue weighted by atomic mass is 9.92. The van der Waals surface area contributed by atoms with Gasteiger partial charge >= 0.3 is 0 Å². The first kappa shape index (κ1) is 21.9. The summed E-state index contributed by atoms with van der Waals surface area (Å²) in [4.78, 5) is 2.18. The highest BCUT2D eigenvalue weighted by Gasteiger charge is 2.30. The van der Waals surface area contributed by atoms with Crippen LogP contribution in [0.1, 0.15) is 41.6 Å². The third-order valence-corrected chi connectivity index (χ3v) is 5.88. The summed E-state index contributed by atoms with van der Waals surface area (Å²) in [5, 5.41) is 16.9. The molecule has 0 spiro atoms. The smallest absolute Gasteiger partial charge is 0.0814 e. The highest BCUT2D eigenvalue weighted by molar-refractivity contribution is 6.08. The van der Waals surface area contributed by atoms with Crippen LogP contribution in [0, 0.1) is 5.41 Å². The summed E-state index contributed by atoms with van der Waals surface area (Å²) < 4.78 is 0. The molecular weight excluding hydrogens is 398 g/mol. The maximum atomic E-state index is 7.85. The van der Waals surface area contributed by atoms with E-state index in [2.05, 4.69) is 95.0 Å². The standard InChI is InChI=1S/C25H33N7/c1-17-25-22-9-8-19(20(14-26)15-27-2)13-23(22)24(10-11-32(25)30-29-17)28-21-7-5-6-18(12-21)16-31(3)4/h5-9,12-15,24,26-30H,10-11,16H2,1-4H3/b20-15+,26-14?. The summed E-state index contributed by atoms with van der Waals surface area (Å²) in [5.41, 5.74) is 15.6. The molecule has 1 unspecified atom stereocenters. The highest BCUT2D eigenvalue weighted by Crippen LogP contribution is 2.38. The maximum absolute atomic E-state index is 7.85. The molecule has 4 rings (SSSR count). The molecule has 7 heteroatoms. The van der Waals surface area contributed by atoms with Crippen molar-refractivity contribution in [3.63, 3.8) is 0 Å². The fourth-order valence-electron chi connectivity index (χ4n) is 4.48. The number of anilines is 1. The van der Waals surface area contributed by atoms with Crippen LogP contribution in [0.4, 0.5) is 5.69 Å². The molecule has 2 heterocycles. The van der Waals surface area contributed by atoms with Crippen LogP contribution < -0.4 is 21.6 Å². The van der Waals surface area contributed by atoms with Crippen molar-refractivity contribution in [2.45, 2.75) is 25.9 Å². The van der Waals surface area contributed by atoms with E-state index in [-0.39, 0.29) is 6.04 Å². The number of nitrogens with one attached hydrogen (secondary N) is 5. The van der Waals surface area contributed by atoms with Gasteiger partial charge in [0.15, 0.2) is 0 Å². The normalized spacial score (nSPS) is 18.1. The largest absolute Gasteiger partial charge is 0.393 e. The van der Waals surface area contributed by atoms with E-state index in [1.165, 1.54) is 28.6 Å². The topological polar surface area (TPSA) is 78.5 Å². The van der Waals surface area contributed by atoms with Gasteiger partial charge in [0.1, 0.15) is 0 Å². The van der Waals surface area contributed by atoms with E-state index in [0.717, 1.165) is 42.0 Å². The van der Waals surface area contributed by atoms with Gasteiger partial charge in [0.2, 0.25) is 0 Å². The van der Waals surface area contributed by atoms with Crippen molar-refractivity contribution in [3.05, 3.63) is 76.6 Å². The van der Waals surface area contributed by atoms with Crippen molar-refractivity contribution in [2.75, 3.05) is 33.0 Å². The lowest BCUT2D eigenvalue weighted by molar-refractivity contribution is 0.281. The molecule has 7 nitrogen and oxygen atoms in total. The maximum Gasteiger partial charge on any atom is 0.0814 e. The van der Waals surface area contributed by atoms with Gasteiger partial charge in [0.25, 0.3) is 0 Å². The molecule has 0 aliphatic carbocycles. The molecule has 0 radical (unpaired) electrons. The molecule has 1 atom stereocenters. The lowest BCUT2D eigenvalue weighted by Gasteiger charge is -2.22. The van der Waals surface area contributed by atoms with Crippen molar-refractivity contribution in [2.24, 2.45) is 0 Å². The second kappa shape index (κ2) is 9.46. The zero-order chi connectivity index (χ0) is 22.7. The fourth-order valence-corrected chi connectivity index (χ4v) is 4.48. The zero-order valence-corrected chi connectivity index (χ0v) is 19.3. The average molecular weight is 432 g/mol. The van der Waals surface area contributed by atoms with E-state index < -0.39 is 0 Å². The average Bonchev–Trinajstić information content (AvgIpc) is 3.06. The molecule has 5 N–H and O–H groups in total. The Morgan fingerprint density at radius 1 is 1.25 bits per heavy atom. The van der Waals surface area contributed by atoms with Gasteiger partial charge in [-0.3, -0.25) is 5.01 Å². The summed E-state index contributed by atoms with van der Waals surface area (Å²) in [6, 6.07) is 15.3. The van der Waals surface area contributed by atoms with E-state index >= 15 is 0 Å². The lowest BCUT2D eigenvalue weighted by Crippen LogP contribution is -2.37. The Morgan fingerprint density at radius 3 is 2.84 bits per heavy atom. The van der Waals surface area contributed by atoms with E-state index in [9.17, 15) is 0 Å². The molecule has 2 aromatic carbocycles. The van der Waals surface area contributed by atoms with Gasteiger partial charge in [-0.05, 0) is 62.3 Å². The van der Waals surface area contributed by atoms with Crippen LogP contribution in [0.5, 0.6) is 0 Å². The predicted molar refractivity (Wildman–Crippen MR) is 133 cm³/mol. The van der Waals surface area contributed by atoms with Crippen molar-refractivity contribution in [3.8, 4) is 0 Å². The fraction of sp³-hybridized carbons (Fsp3) is 0.320. The number of hydrazine groups is 2. The molecule has 0 saturated carbocycles. The number of hydrogen-bond donors (Lipinski definition) is 5. The third kappa shape index (κ3) is 4.49. The Labute approximate surface area is 190 Å². The first-order chi connectivity index (χ1) is 15.5. The molecule has 168 valence electrons. The van der Waals surface area contributed by atoms with Crippen molar-refractivity contribution < 1.29 is 0 Å². The van der Waals surface area contributed by atoms with Gasteiger partial charge < -0.3 is 26.4 Å². The molecule has 0 aromatic heterocycles. The van der Waals surface area contributed by atoms with Crippen LogP contribution in [0.15, 0.2) is 54.4 Å². The SMILES string of the molecule is CN/C=C(\C=N)c1ccc2c(c1)C(Nc1cccc(CN(C)C)c1)CCN1NNC(C)=C21. The Morgan fingerprint density at radius 2 is 2.09 bits per heavy atom. The van der Waals surface area contributed by atoms with E-state index in [0.29, 0.717) is 0 Å². The van der Waals surface area contributed by atoms with Crippen molar-refractivity contribution in [1.29, 1.82) is 5.41 Å². The molecule has 2 aliphatic heterocycles. The van der Waals surface area contributed by atoms with Gasteiger partial charge in [-0.25, -0.2) is 0 Å². The number of allylic oxidation sites excluding steroid dienone is 2. The summed E-state index contributed by atoms with van der Waals surface area (Å²) in [7, 11) is 6.04. The Bertz CT molecular complexity index is 1050. The molecule has 32 heavy (non-hydrogen) atoms. The number of rotatable bonds is 7. The molecule has 2 aromatic rings. The van der Waals surface area contributed by atoms with Gasteiger partial charge in [0, 0.05) is 49.4 Å². The number of hydrogen-bond acceptors (Lipinski definition) is 7. The van der Waals surface area contributed by atoms with Crippen LogP contribution in [0.3, 0.4) is 0 Å². The molecule has 0 bridgehead atoms. The highest BCUT2D eigenvalue weighted by atomic mass is 15.7. The van der Waals surface area contributed by atoms with E-state index in [4.69, 9.17) is 5.41 Å². The molecule has 0 fully saturated rings. The number of nitrogens with zero attached hydrogens (tertiary/aromatic N) is 2. The second-order valence-electron chi connectivity index (χ2n) is 8.62. The van der Waals surface area contributed by atoms with Crippen molar-refractivity contribution >= 4 is 23.2 Å². The van der Waals surface area contributed by atoms with Crippen LogP contribution in [-0.4, -0.2) is 43.8 Å². The number of benzene rings is 2. The van der Waals surface area contributed by atoms with Crippen LogP contribution in [-0.2, 0) is 6.54 Å².